The molecule has 0 aromatic carbocycles. The predicted molar refractivity (Wildman–Crippen MR) is 92.8 cm³/mol. The Labute approximate surface area is 154 Å². The topological polar surface area (TPSA) is 55.8 Å². The lowest BCUT2D eigenvalue weighted by Crippen LogP contribution is -2.53. The molecule has 4 nitrogen and oxygen atoms in total. The Morgan fingerprint density at radius 3 is 1.85 bits per heavy atom. The highest BCUT2D eigenvalue weighted by molar-refractivity contribution is 5.76. The largest absolute Gasteiger partial charge is 0.477 e. The van der Waals surface area contributed by atoms with E-state index in [0.717, 1.165) is 11.8 Å². The second-order valence-electron chi connectivity index (χ2n) is 9.37. The molecule has 4 aliphatic rings. The highest BCUT2D eigenvalue weighted by Crippen LogP contribution is 2.55. The minimum Gasteiger partial charge on any atom is -0.477 e. The number of aliphatic carboxylic acids is 1. The molecule has 4 fully saturated rings. The third-order valence-corrected chi connectivity index (χ3v) is 6.50. The van der Waals surface area contributed by atoms with Gasteiger partial charge in [-0.25, -0.2) is 4.79 Å². The van der Waals surface area contributed by atoms with E-state index in [2.05, 4.69) is 0 Å². The molecule has 4 saturated carbocycles. The molecule has 0 aliphatic heterocycles. The van der Waals surface area contributed by atoms with Gasteiger partial charge in [0.25, 0.3) is 0 Å². The summed E-state index contributed by atoms with van der Waals surface area (Å²) in [5, 5.41) is 8.93. The molecule has 150 valence electrons. The summed E-state index contributed by atoms with van der Waals surface area (Å²) in [5.41, 5.74) is 0. The number of carboxylic acids is 1. The molecule has 2 unspecified atom stereocenters. The number of hydrogen-bond donors (Lipinski definition) is 1. The first-order valence-corrected chi connectivity index (χ1v) is 10.0. The van der Waals surface area contributed by atoms with Gasteiger partial charge in [0.05, 0.1) is 6.10 Å². The molecule has 2 atom stereocenters. The van der Waals surface area contributed by atoms with Gasteiger partial charge in [0.2, 0.25) is 0 Å². The Morgan fingerprint density at radius 1 is 0.962 bits per heavy atom. The Bertz CT molecular complexity index is 492. The maximum Gasteiger partial charge on any atom is 0.377 e. The van der Waals surface area contributed by atoms with Gasteiger partial charge >= 0.3 is 11.9 Å². The number of halogens is 2. The summed E-state index contributed by atoms with van der Waals surface area (Å²) in [4.78, 5) is 11.0. The molecule has 4 bridgehead atoms. The van der Waals surface area contributed by atoms with Crippen LogP contribution in [0.4, 0.5) is 8.78 Å². The zero-order valence-electron chi connectivity index (χ0n) is 16.2. The van der Waals surface area contributed by atoms with E-state index in [9.17, 15) is 13.6 Å². The molecule has 0 radical (unpaired) electrons. The molecule has 26 heavy (non-hydrogen) atoms. The van der Waals surface area contributed by atoms with E-state index in [1.165, 1.54) is 32.1 Å². The zero-order valence-corrected chi connectivity index (χ0v) is 16.2. The van der Waals surface area contributed by atoms with E-state index >= 15 is 0 Å². The van der Waals surface area contributed by atoms with Crippen LogP contribution in [0, 0.1) is 35.5 Å². The molecule has 0 saturated heterocycles. The SMILES string of the molecule is CC(C)C(OC1C2CC3CC(C2)CC1C3)OC(C(C)C)C(F)(F)C(=O)O. The molecule has 4 aliphatic carbocycles. The van der Waals surface area contributed by atoms with E-state index in [0.29, 0.717) is 11.8 Å². The van der Waals surface area contributed by atoms with Gasteiger partial charge in [0, 0.05) is 5.92 Å². The van der Waals surface area contributed by atoms with Crippen LogP contribution < -0.4 is 0 Å². The van der Waals surface area contributed by atoms with Gasteiger partial charge in [-0.2, -0.15) is 8.78 Å². The van der Waals surface area contributed by atoms with Gasteiger partial charge in [-0.3, -0.25) is 0 Å². The number of carbonyl (C=O) groups is 1. The van der Waals surface area contributed by atoms with Crippen LogP contribution in [0.5, 0.6) is 0 Å². The van der Waals surface area contributed by atoms with Gasteiger partial charge in [-0.05, 0) is 61.7 Å². The first kappa shape index (κ1) is 20.0. The van der Waals surface area contributed by atoms with Crippen LogP contribution in [0.3, 0.4) is 0 Å². The van der Waals surface area contributed by atoms with Crippen molar-refractivity contribution in [3.8, 4) is 0 Å². The van der Waals surface area contributed by atoms with Gasteiger partial charge in [0.1, 0.15) is 6.10 Å². The molecule has 0 spiro atoms. The lowest BCUT2D eigenvalue weighted by atomic mass is 9.55. The van der Waals surface area contributed by atoms with Crippen LogP contribution in [-0.4, -0.2) is 35.5 Å². The van der Waals surface area contributed by atoms with Crippen LogP contribution >= 0.6 is 0 Å². The molecule has 0 heterocycles. The summed E-state index contributed by atoms with van der Waals surface area (Å²) < 4.78 is 40.3. The van der Waals surface area contributed by atoms with Crippen molar-refractivity contribution >= 4 is 5.97 Å². The van der Waals surface area contributed by atoms with Crippen LogP contribution in [0.2, 0.25) is 0 Å². The fourth-order valence-corrected chi connectivity index (χ4v) is 5.53. The molecular formula is C20H32F2O4. The van der Waals surface area contributed by atoms with Crippen LogP contribution in [0.25, 0.3) is 0 Å². The second-order valence-corrected chi connectivity index (χ2v) is 9.37. The van der Waals surface area contributed by atoms with Gasteiger partial charge < -0.3 is 14.6 Å². The van der Waals surface area contributed by atoms with E-state index in [1.54, 1.807) is 13.8 Å². The summed E-state index contributed by atoms with van der Waals surface area (Å²) in [6, 6.07) is 0. The lowest BCUT2D eigenvalue weighted by molar-refractivity contribution is -0.286. The molecular weight excluding hydrogens is 342 g/mol. The highest BCUT2D eigenvalue weighted by Gasteiger charge is 2.53. The number of hydrogen-bond acceptors (Lipinski definition) is 3. The van der Waals surface area contributed by atoms with Crippen molar-refractivity contribution in [3.05, 3.63) is 0 Å². The van der Waals surface area contributed by atoms with Crippen molar-refractivity contribution in [2.75, 3.05) is 0 Å². The van der Waals surface area contributed by atoms with E-state index in [1.807, 2.05) is 13.8 Å². The smallest absolute Gasteiger partial charge is 0.377 e. The molecule has 6 heteroatoms. The van der Waals surface area contributed by atoms with Gasteiger partial charge in [0.15, 0.2) is 6.29 Å². The number of ether oxygens (including phenoxy) is 2. The molecule has 0 aromatic heterocycles. The quantitative estimate of drug-likeness (QED) is 0.632. The van der Waals surface area contributed by atoms with Crippen molar-refractivity contribution < 1.29 is 28.2 Å². The maximum absolute atomic E-state index is 14.2. The highest BCUT2D eigenvalue weighted by atomic mass is 19.3. The molecule has 0 aromatic rings. The monoisotopic (exact) mass is 374 g/mol. The Morgan fingerprint density at radius 2 is 1.46 bits per heavy atom. The van der Waals surface area contributed by atoms with Gasteiger partial charge in [-0.15, -0.1) is 0 Å². The van der Waals surface area contributed by atoms with Crippen molar-refractivity contribution in [1.82, 2.24) is 0 Å². The predicted octanol–water partition coefficient (Wildman–Crippen LogP) is 4.57. The fraction of sp³-hybridized carbons (Fsp3) is 0.950. The normalized spacial score (nSPS) is 35.9. The Hall–Kier alpha value is -0.750. The third-order valence-electron chi connectivity index (χ3n) is 6.50. The fourth-order valence-electron chi connectivity index (χ4n) is 5.53. The Balaban J connectivity index is 1.72. The first-order chi connectivity index (χ1) is 12.1. The summed E-state index contributed by atoms with van der Waals surface area (Å²) in [6.45, 7) is 6.86. The lowest BCUT2D eigenvalue weighted by Gasteiger charge is -2.54. The van der Waals surface area contributed by atoms with Crippen molar-refractivity contribution in [1.29, 1.82) is 0 Å². The van der Waals surface area contributed by atoms with Crippen molar-refractivity contribution in [2.45, 2.75) is 84.2 Å². The minimum absolute atomic E-state index is 0.0569. The van der Waals surface area contributed by atoms with Crippen molar-refractivity contribution in [2.24, 2.45) is 35.5 Å². The average Bonchev–Trinajstić information content (AvgIpc) is 2.51. The molecule has 4 rings (SSSR count). The summed E-state index contributed by atoms with van der Waals surface area (Å²) in [6.07, 6.45) is 3.55. The maximum atomic E-state index is 14.2. The zero-order chi connectivity index (χ0) is 19.2. The van der Waals surface area contributed by atoms with E-state index < -0.39 is 30.2 Å². The number of alkyl halides is 2. The van der Waals surface area contributed by atoms with Crippen LogP contribution in [-0.2, 0) is 14.3 Å². The first-order valence-electron chi connectivity index (χ1n) is 10.0. The minimum atomic E-state index is -3.94. The number of rotatable bonds is 8. The molecule has 1 N–H and O–H groups in total. The van der Waals surface area contributed by atoms with Crippen LogP contribution in [0.1, 0.15) is 59.8 Å². The second kappa shape index (κ2) is 7.34. The third kappa shape index (κ3) is 3.77. The summed E-state index contributed by atoms with van der Waals surface area (Å²) >= 11 is 0. The summed E-state index contributed by atoms with van der Waals surface area (Å²) in [5.74, 6) is -4.25. The number of carboxylic acid groups (broad SMARTS) is 1. The van der Waals surface area contributed by atoms with Gasteiger partial charge in [-0.1, -0.05) is 27.7 Å². The van der Waals surface area contributed by atoms with E-state index in [-0.39, 0.29) is 12.0 Å². The van der Waals surface area contributed by atoms with Crippen molar-refractivity contribution in [3.63, 3.8) is 0 Å². The Kier molecular flexibility index (Phi) is 5.65. The van der Waals surface area contributed by atoms with E-state index in [4.69, 9.17) is 14.6 Å². The molecule has 0 amide bonds. The average molecular weight is 374 g/mol. The summed E-state index contributed by atoms with van der Waals surface area (Å²) in [7, 11) is 0. The standard InChI is InChI=1S/C20H32F2O4/c1-10(2)17(20(21,22)19(23)24)26-18(11(3)4)25-16-14-6-12-5-13(8-14)9-15(16)7-12/h10-18H,5-9H2,1-4H3,(H,23,24). The van der Waals surface area contributed by atoms with Crippen LogP contribution in [0.15, 0.2) is 0 Å².